The Labute approximate surface area is 193 Å². The summed E-state index contributed by atoms with van der Waals surface area (Å²) in [6, 6.07) is 15.4. The van der Waals surface area contributed by atoms with Crippen molar-refractivity contribution in [3.05, 3.63) is 70.1 Å². The van der Waals surface area contributed by atoms with Crippen LogP contribution < -0.4 is 5.63 Å². The predicted molar refractivity (Wildman–Crippen MR) is 128 cm³/mol. The van der Waals surface area contributed by atoms with Gasteiger partial charge >= 0.3 is 5.63 Å². The number of hydrogen-bond donors (Lipinski definition) is 1. The largest absolute Gasteiger partial charge is 0.423 e. The molecule has 0 spiro atoms. The Morgan fingerprint density at radius 1 is 1.21 bits per heavy atom. The molecule has 0 bridgehead atoms. The Bertz CT molecular complexity index is 1200. The van der Waals surface area contributed by atoms with Crippen LogP contribution in [0.2, 0.25) is 0 Å². The number of aliphatic hydroxyl groups is 1. The molecule has 3 aromatic rings. The summed E-state index contributed by atoms with van der Waals surface area (Å²) >= 11 is 0. The minimum atomic E-state index is -0.844. The van der Waals surface area contributed by atoms with E-state index in [-0.39, 0.29) is 17.7 Å². The average molecular weight is 450 g/mol. The number of aryl methyl sites for hydroxylation is 1. The Morgan fingerprint density at radius 3 is 2.76 bits per heavy atom. The van der Waals surface area contributed by atoms with Crippen molar-refractivity contribution in [3.63, 3.8) is 0 Å². The van der Waals surface area contributed by atoms with Crippen molar-refractivity contribution in [2.24, 2.45) is 5.92 Å². The van der Waals surface area contributed by atoms with Gasteiger partial charge < -0.3 is 19.2 Å². The molecule has 6 nitrogen and oxygen atoms in total. The SMILES string of the molecule is COC(O)[C@H]1CCCN(C(=O)CC(C)c2ccc3c(-c4ccccc4C)cc(=O)oc3c2)C1. The lowest BCUT2D eigenvalue weighted by Crippen LogP contribution is -2.44. The van der Waals surface area contributed by atoms with Crippen molar-refractivity contribution < 1.29 is 19.1 Å². The van der Waals surface area contributed by atoms with Crippen molar-refractivity contribution in [1.29, 1.82) is 0 Å². The molecule has 4 rings (SSSR count). The highest BCUT2D eigenvalue weighted by atomic mass is 16.6. The second-order valence-corrected chi connectivity index (χ2v) is 9.02. The van der Waals surface area contributed by atoms with Crippen LogP contribution in [0.1, 0.15) is 43.2 Å². The maximum Gasteiger partial charge on any atom is 0.336 e. The van der Waals surface area contributed by atoms with Crippen molar-refractivity contribution in [2.75, 3.05) is 20.2 Å². The summed E-state index contributed by atoms with van der Waals surface area (Å²) in [5.74, 6) is -0.0365. The summed E-state index contributed by atoms with van der Waals surface area (Å²) in [7, 11) is 1.48. The minimum absolute atomic E-state index is 0.0398. The van der Waals surface area contributed by atoms with Gasteiger partial charge in [0.05, 0.1) is 0 Å². The number of hydrogen-bond acceptors (Lipinski definition) is 5. The van der Waals surface area contributed by atoms with E-state index in [1.54, 1.807) is 6.07 Å². The lowest BCUT2D eigenvalue weighted by atomic mass is 9.92. The Morgan fingerprint density at radius 2 is 2.00 bits per heavy atom. The van der Waals surface area contributed by atoms with Gasteiger partial charge in [0.25, 0.3) is 0 Å². The lowest BCUT2D eigenvalue weighted by Gasteiger charge is -2.35. The molecule has 1 saturated heterocycles. The number of likely N-dealkylation sites (tertiary alicyclic amines) is 1. The maximum atomic E-state index is 13.0. The summed E-state index contributed by atoms with van der Waals surface area (Å²) in [5, 5.41) is 10.9. The summed E-state index contributed by atoms with van der Waals surface area (Å²) in [5.41, 5.74) is 4.03. The van der Waals surface area contributed by atoms with Gasteiger partial charge in [0.2, 0.25) is 5.91 Å². The van der Waals surface area contributed by atoms with Crippen LogP contribution in [0.3, 0.4) is 0 Å². The van der Waals surface area contributed by atoms with E-state index in [9.17, 15) is 14.7 Å². The zero-order valence-electron chi connectivity index (χ0n) is 19.4. The molecule has 1 aliphatic rings. The fourth-order valence-electron chi connectivity index (χ4n) is 4.75. The van der Waals surface area contributed by atoms with Crippen LogP contribution in [0.25, 0.3) is 22.1 Å². The number of benzene rings is 2. The van der Waals surface area contributed by atoms with Crippen LogP contribution in [0, 0.1) is 12.8 Å². The standard InChI is InChI=1S/C27H31NO5/c1-17-7-4-5-9-21(17)23-15-26(30)33-24-14-19(10-11-22(23)24)18(2)13-25(29)28-12-6-8-20(16-28)27(31)32-3/h4-5,7,9-11,14-15,18,20,27,31H,6,8,12-13,16H2,1-3H3/t18?,20-,27?/m0/s1. The van der Waals surface area contributed by atoms with E-state index in [2.05, 4.69) is 0 Å². The van der Waals surface area contributed by atoms with Gasteiger partial charge in [0.15, 0.2) is 6.29 Å². The number of carbonyl (C=O) groups excluding carboxylic acids is 1. The summed E-state index contributed by atoms with van der Waals surface area (Å²) in [6.07, 6.45) is 1.21. The van der Waals surface area contributed by atoms with Crippen molar-refractivity contribution in [1.82, 2.24) is 4.90 Å². The third-order valence-electron chi connectivity index (χ3n) is 6.71. The fraction of sp³-hybridized carbons (Fsp3) is 0.407. The van der Waals surface area contributed by atoms with E-state index < -0.39 is 11.9 Å². The van der Waals surface area contributed by atoms with Crippen molar-refractivity contribution in [2.45, 2.75) is 45.3 Å². The monoisotopic (exact) mass is 449 g/mol. The fourth-order valence-corrected chi connectivity index (χ4v) is 4.75. The molecule has 1 aliphatic heterocycles. The van der Waals surface area contributed by atoms with E-state index in [1.807, 2.05) is 61.2 Å². The second-order valence-electron chi connectivity index (χ2n) is 9.02. The highest BCUT2D eigenvalue weighted by molar-refractivity contribution is 5.94. The van der Waals surface area contributed by atoms with E-state index >= 15 is 0 Å². The van der Waals surface area contributed by atoms with Gasteiger partial charge in [-0.25, -0.2) is 4.79 Å². The Kier molecular flexibility index (Phi) is 6.96. The number of nitrogens with zero attached hydrogens (tertiary/aromatic N) is 1. The number of fused-ring (bicyclic) bond motifs is 1. The van der Waals surface area contributed by atoms with Gasteiger partial charge in [-0.05, 0) is 48.4 Å². The number of carbonyl (C=O) groups is 1. The molecule has 1 amide bonds. The van der Waals surface area contributed by atoms with Crippen LogP contribution in [-0.4, -0.2) is 42.4 Å². The molecule has 1 aromatic heterocycles. The van der Waals surface area contributed by atoms with Gasteiger partial charge in [-0.15, -0.1) is 0 Å². The zero-order chi connectivity index (χ0) is 23.5. The van der Waals surface area contributed by atoms with Gasteiger partial charge in [-0.2, -0.15) is 0 Å². The number of rotatable bonds is 6. The van der Waals surface area contributed by atoms with Crippen molar-refractivity contribution >= 4 is 16.9 Å². The molecule has 0 saturated carbocycles. The Hall–Kier alpha value is -2.96. The molecule has 33 heavy (non-hydrogen) atoms. The first kappa shape index (κ1) is 23.2. The first-order chi connectivity index (χ1) is 15.9. The molecule has 6 heteroatoms. The quantitative estimate of drug-likeness (QED) is 0.444. The first-order valence-corrected chi connectivity index (χ1v) is 11.5. The van der Waals surface area contributed by atoms with Gasteiger partial charge in [0, 0.05) is 49.6 Å². The molecule has 2 heterocycles. The average Bonchev–Trinajstić information content (AvgIpc) is 2.83. The number of aliphatic hydroxyl groups excluding tert-OH is 1. The minimum Gasteiger partial charge on any atom is -0.423 e. The number of amides is 1. The van der Waals surface area contributed by atoms with E-state index in [4.69, 9.17) is 9.15 Å². The topological polar surface area (TPSA) is 80.0 Å². The van der Waals surface area contributed by atoms with E-state index in [0.29, 0.717) is 25.1 Å². The molecule has 1 fully saturated rings. The third kappa shape index (κ3) is 5.02. The second kappa shape index (κ2) is 9.89. The number of ether oxygens (including phenoxy) is 1. The van der Waals surface area contributed by atoms with Crippen LogP contribution in [0.4, 0.5) is 0 Å². The molecule has 0 aliphatic carbocycles. The highest BCUT2D eigenvalue weighted by Gasteiger charge is 2.29. The third-order valence-corrected chi connectivity index (χ3v) is 6.71. The summed E-state index contributed by atoms with van der Waals surface area (Å²) < 4.78 is 10.6. The molecule has 1 N–H and O–H groups in total. The van der Waals surface area contributed by atoms with E-state index in [0.717, 1.165) is 40.5 Å². The van der Waals surface area contributed by atoms with Gasteiger partial charge in [-0.3, -0.25) is 4.79 Å². The number of piperidine rings is 1. The van der Waals surface area contributed by atoms with Crippen LogP contribution in [-0.2, 0) is 9.53 Å². The maximum absolute atomic E-state index is 13.0. The van der Waals surface area contributed by atoms with Crippen LogP contribution in [0.15, 0.2) is 57.7 Å². The molecule has 2 unspecified atom stereocenters. The molecular formula is C27H31NO5. The first-order valence-electron chi connectivity index (χ1n) is 11.5. The predicted octanol–water partition coefficient (Wildman–Crippen LogP) is 4.47. The Balaban J connectivity index is 1.56. The summed E-state index contributed by atoms with van der Waals surface area (Å²) in [4.78, 5) is 27.1. The molecule has 0 radical (unpaired) electrons. The number of methoxy groups -OCH3 is 1. The van der Waals surface area contributed by atoms with Gasteiger partial charge in [-0.1, -0.05) is 43.3 Å². The normalized spacial score (nSPS) is 18.3. The molecule has 2 aromatic carbocycles. The van der Waals surface area contributed by atoms with Crippen LogP contribution in [0.5, 0.6) is 0 Å². The van der Waals surface area contributed by atoms with Crippen molar-refractivity contribution in [3.8, 4) is 11.1 Å². The summed E-state index contributed by atoms with van der Waals surface area (Å²) in [6.45, 7) is 5.24. The molecular weight excluding hydrogens is 418 g/mol. The highest BCUT2D eigenvalue weighted by Crippen LogP contribution is 2.32. The lowest BCUT2D eigenvalue weighted by molar-refractivity contribution is -0.145. The molecule has 3 atom stereocenters. The zero-order valence-corrected chi connectivity index (χ0v) is 19.4. The van der Waals surface area contributed by atoms with Crippen LogP contribution >= 0.6 is 0 Å². The van der Waals surface area contributed by atoms with E-state index in [1.165, 1.54) is 7.11 Å². The van der Waals surface area contributed by atoms with Gasteiger partial charge in [0.1, 0.15) is 5.58 Å². The molecule has 174 valence electrons. The smallest absolute Gasteiger partial charge is 0.336 e.